The summed E-state index contributed by atoms with van der Waals surface area (Å²) in [5, 5.41) is 0. The second-order valence-electron chi connectivity index (χ2n) is 8.86. The van der Waals surface area contributed by atoms with E-state index >= 15 is 0 Å². The number of rotatable bonds is 13. The van der Waals surface area contributed by atoms with E-state index in [0.29, 0.717) is 26.4 Å². The quantitative estimate of drug-likeness (QED) is 0.273. The SMILES string of the molecule is C=CCOC1OC(CC)C(OCc2ccccc2)C(OCc2ccccc2)C1OCc1ccccc1. The molecule has 1 aliphatic rings. The van der Waals surface area contributed by atoms with Crippen molar-refractivity contribution in [1.29, 1.82) is 0 Å². The van der Waals surface area contributed by atoms with Crippen molar-refractivity contribution in [2.45, 2.75) is 63.9 Å². The predicted molar refractivity (Wildman–Crippen MR) is 140 cm³/mol. The van der Waals surface area contributed by atoms with Crippen LogP contribution in [0, 0.1) is 0 Å². The third-order valence-corrected chi connectivity index (χ3v) is 6.23. The average molecular weight is 489 g/mol. The Bertz CT molecular complexity index is 1010. The molecule has 5 atom stereocenters. The minimum absolute atomic E-state index is 0.208. The van der Waals surface area contributed by atoms with Crippen molar-refractivity contribution in [1.82, 2.24) is 0 Å². The van der Waals surface area contributed by atoms with E-state index in [1.807, 2.05) is 66.7 Å². The zero-order valence-electron chi connectivity index (χ0n) is 20.9. The molecule has 5 unspecified atom stereocenters. The number of benzene rings is 3. The lowest BCUT2D eigenvalue weighted by Crippen LogP contribution is -2.60. The Hall–Kier alpha value is -2.80. The highest BCUT2D eigenvalue weighted by Gasteiger charge is 2.48. The molecular formula is C31H36O5. The first kappa shape index (κ1) is 26.3. The van der Waals surface area contributed by atoms with E-state index < -0.39 is 18.5 Å². The summed E-state index contributed by atoms with van der Waals surface area (Å²) in [7, 11) is 0. The van der Waals surface area contributed by atoms with Gasteiger partial charge in [-0.15, -0.1) is 6.58 Å². The van der Waals surface area contributed by atoms with Gasteiger partial charge in [0.2, 0.25) is 0 Å². The fourth-order valence-electron chi connectivity index (χ4n) is 4.37. The molecule has 5 heteroatoms. The Morgan fingerprint density at radius 3 is 1.53 bits per heavy atom. The zero-order chi connectivity index (χ0) is 25.0. The van der Waals surface area contributed by atoms with Gasteiger partial charge in [-0.2, -0.15) is 0 Å². The van der Waals surface area contributed by atoms with E-state index in [2.05, 4.69) is 37.8 Å². The highest BCUT2D eigenvalue weighted by atomic mass is 16.7. The monoisotopic (exact) mass is 488 g/mol. The van der Waals surface area contributed by atoms with Crippen molar-refractivity contribution in [2.75, 3.05) is 6.61 Å². The summed E-state index contributed by atoms with van der Waals surface area (Å²) in [6.07, 6.45) is 0.446. The molecular weight excluding hydrogens is 452 g/mol. The topological polar surface area (TPSA) is 46.2 Å². The second-order valence-corrected chi connectivity index (χ2v) is 8.86. The third kappa shape index (κ3) is 7.36. The van der Waals surface area contributed by atoms with Crippen molar-refractivity contribution >= 4 is 0 Å². The van der Waals surface area contributed by atoms with Crippen LogP contribution in [0.25, 0.3) is 0 Å². The van der Waals surface area contributed by atoms with Gasteiger partial charge in [0.15, 0.2) is 6.29 Å². The van der Waals surface area contributed by atoms with E-state index in [1.54, 1.807) is 6.08 Å². The maximum atomic E-state index is 6.58. The highest BCUT2D eigenvalue weighted by Crippen LogP contribution is 2.32. The van der Waals surface area contributed by atoms with Gasteiger partial charge in [0.1, 0.15) is 18.3 Å². The van der Waals surface area contributed by atoms with Crippen molar-refractivity contribution in [3.05, 3.63) is 120 Å². The van der Waals surface area contributed by atoms with Gasteiger partial charge in [0.25, 0.3) is 0 Å². The molecule has 0 aromatic heterocycles. The summed E-state index contributed by atoms with van der Waals surface area (Å²) in [6, 6.07) is 30.4. The first-order valence-corrected chi connectivity index (χ1v) is 12.6. The van der Waals surface area contributed by atoms with Crippen molar-refractivity contribution < 1.29 is 23.7 Å². The summed E-state index contributed by atoms with van der Waals surface area (Å²) in [4.78, 5) is 0. The Labute approximate surface area is 214 Å². The van der Waals surface area contributed by atoms with E-state index in [0.717, 1.165) is 23.1 Å². The lowest BCUT2D eigenvalue weighted by molar-refractivity contribution is -0.321. The molecule has 3 aromatic carbocycles. The van der Waals surface area contributed by atoms with Crippen LogP contribution in [-0.2, 0) is 43.5 Å². The van der Waals surface area contributed by atoms with Gasteiger partial charge in [-0.1, -0.05) is 104 Å². The molecule has 0 saturated carbocycles. The van der Waals surface area contributed by atoms with Crippen LogP contribution >= 0.6 is 0 Å². The Morgan fingerprint density at radius 1 is 0.639 bits per heavy atom. The minimum atomic E-state index is -0.603. The minimum Gasteiger partial charge on any atom is -0.368 e. The fourth-order valence-corrected chi connectivity index (χ4v) is 4.37. The van der Waals surface area contributed by atoms with Gasteiger partial charge in [-0.3, -0.25) is 0 Å². The van der Waals surface area contributed by atoms with Crippen LogP contribution in [-0.4, -0.2) is 37.3 Å². The number of ether oxygens (including phenoxy) is 5. The molecule has 190 valence electrons. The summed E-state index contributed by atoms with van der Waals surface area (Å²) in [5.74, 6) is 0. The van der Waals surface area contributed by atoms with Gasteiger partial charge in [0.05, 0.1) is 32.5 Å². The molecule has 3 aromatic rings. The molecule has 5 nitrogen and oxygen atoms in total. The molecule has 0 N–H and O–H groups in total. The molecule has 1 aliphatic heterocycles. The zero-order valence-corrected chi connectivity index (χ0v) is 20.9. The smallest absolute Gasteiger partial charge is 0.187 e. The Morgan fingerprint density at radius 2 is 1.08 bits per heavy atom. The molecule has 0 bridgehead atoms. The van der Waals surface area contributed by atoms with Crippen LogP contribution in [0.1, 0.15) is 30.0 Å². The lowest BCUT2D eigenvalue weighted by atomic mass is 9.96. The molecule has 1 fully saturated rings. The molecule has 36 heavy (non-hydrogen) atoms. The van der Waals surface area contributed by atoms with Gasteiger partial charge >= 0.3 is 0 Å². The summed E-state index contributed by atoms with van der Waals surface area (Å²) in [6.45, 7) is 7.55. The molecule has 4 rings (SSSR count). The van der Waals surface area contributed by atoms with Crippen molar-refractivity contribution in [3.8, 4) is 0 Å². The van der Waals surface area contributed by atoms with Crippen LogP contribution in [0.4, 0.5) is 0 Å². The molecule has 1 heterocycles. The van der Waals surface area contributed by atoms with E-state index in [9.17, 15) is 0 Å². The first-order chi connectivity index (χ1) is 17.8. The van der Waals surface area contributed by atoms with E-state index in [4.69, 9.17) is 23.7 Å². The lowest BCUT2D eigenvalue weighted by Gasteiger charge is -2.45. The third-order valence-electron chi connectivity index (χ3n) is 6.23. The van der Waals surface area contributed by atoms with Crippen molar-refractivity contribution in [3.63, 3.8) is 0 Å². The van der Waals surface area contributed by atoms with E-state index in [-0.39, 0.29) is 12.2 Å². The molecule has 0 aliphatic carbocycles. The highest BCUT2D eigenvalue weighted by molar-refractivity contribution is 5.15. The molecule has 0 amide bonds. The van der Waals surface area contributed by atoms with Crippen LogP contribution in [0.15, 0.2) is 104 Å². The summed E-state index contributed by atoms with van der Waals surface area (Å²) < 4.78 is 32.0. The van der Waals surface area contributed by atoms with Gasteiger partial charge in [-0.25, -0.2) is 0 Å². The van der Waals surface area contributed by atoms with Crippen LogP contribution in [0.2, 0.25) is 0 Å². The van der Waals surface area contributed by atoms with Gasteiger partial charge in [0, 0.05) is 0 Å². The molecule has 1 saturated heterocycles. The molecule has 0 radical (unpaired) electrons. The normalized spacial score (nSPS) is 23.9. The number of hydrogen-bond acceptors (Lipinski definition) is 5. The van der Waals surface area contributed by atoms with Gasteiger partial charge < -0.3 is 23.7 Å². The fraction of sp³-hybridized carbons (Fsp3) is 0.355. The predicted octanol–water partition coefficient (Wildman–Crippen LogP) is 6.08. The van der Waals surface area contributed by atoms with Crippen LogP contribution in [0.3, 0.4) is 0 Å². The molecule has 0 spiro atoms. The van der Waals surface area contributed by atoms with E-state index in [1.165, 1.54) is 0 Å². The summed E-state index contributed by atoms with van der Waals surface area (Å²) >= 11 is 0. The second kappa shape index (κ2) is 14.1. The number of hydrogen-bond donors (Lipinski definition) is 0. The van der Waals surface area contributed by atoms with Gasteiger partial charge in [-0.05, 0) is 23.1 Å². The maximum Gasteiger partial charge on any atom is 0.187 e. The van der Waals surface area contributed by atoms with Crippen molar-refractivity contribution in [2.24, 2.45) is 0 Å². The first-order valence-electron chi connectivity index (χ1n) is 12.6. The maximum absolute atomic E-state index is 6.58. The Balaban J connectivity index is 1.59. The van der Waals surface area contributed by atoms with Crippen LogP contribution in [0.5, 0.6) is 0 Å². The summed E-state index contributed by atoms with van der Waals surface area (Å²) in [5.41, 5.74) is 3.26. The Kier molecular flexibility index (Phi) is 10.3. The average Bonchev–Trinajstić information content (AvgIpc) is 2.94. The largest absolute Gasteiger partial charge is 0.368 e. The standard InChI is InChI=1S/C31H36O5/c1-3-20-32-31-30(35-23-26-18-12-7-13-19-26)29(34-22-25-16-10-6-11-17-25)28(27(4-2)36-31)33-21-24-14-8-5-9-15-24/h3,5-19,27-31H,1,4,20-23H2,2H3. The van der Waals surface area contributed by atoms with Crippen LogP contribution < -0.4 is 0 Å².